The minimum absolute atomic E-state index is 0.124. The van der Waals surface area contributed by atoms with E-state index < -0.39 is 6.04 Å². The number of furan rings is 1. The van der Waals surface area contributed by atoms with Crippen molar-refractivity contribution in [3.63, 3.8) is 0 Å². The van der Waals surface area contributed by atoms with Gasteiger partial charge in [-0.15, -0.1) is 0 Å². The first-order valence-corrected chi connectivity index (χ1v) is 7.79. The van der Waals surface area contributed by atoms with Gasteiger partial charge in [0.15, 0.2) is 5.76 Å². The zero-order valence-corrected chi connectivity index (χ0v) is 13.7. The Morgan fingerprint density at radius 1 is 1.30 bits per heavy atom. The zero-order valence-electron chi connectivity index (χ0n) is 13.0. The monoisotopic (exact) mass is 332 g/mol. The van der Waals surface area contributed by atoms with Crippen LogP contribution in [-0.4, -0.2) is 35.8 Å². The molecule has 0 aliphatic carbocycles. The van der Waals surface area contributed by atoms with E-state index in [2.05, 4.69) is 0 Å². The van der Waals surface area contributed by atoms with Crippen LogP contribution in [0.5, 0.6) is 0 Å². The molecule has 3 rings (SSSR count). The second-order valence-electron chi connectivity index (χ2n) is 5.57. The molecule has 1 aliphatic rings. The highest BCUT2D eigenvalue weighted by molar-refractivity contribution is 6.31. The molecule has 5 nitrogen and oxygen atoms in total. The summed E-state index contributed by atoms with van der Waals surface area (Å²) < 4.78 is 5.14. The summed E-state index contributed by atoms with van der Waals surface area (Å²) in [5.74, 6) is -0.142. The summed E-state index contributed by atoms with van der Waals surface area (Å²) in [6.45, 7) is 4.54. The number of benzene rings is 1. The number of halogens is 1. The van der Waals surface area contributed by atoms with E-state index in [0.717, 1.165) is 11.3 Å². The average molecular weight is 333 g/mol. The van der Waals surface area contributed by atoms with Crippen molar-refractivity contribution in [3.05, 3.63) is 52.9 Å². The molecule has 1 aliphatic heterocycles. The summed E-state index contributed by atoms with van der Waals surface area (Å²) in [5.41, 5.74) is 1.76. The molecule has 0 spiro atoms. The number of piperazine rings is 1. The van der Waals surface area contributed by atoms with Crippen molar-refractivity contribution >= 4 is 29.1 Å². The minimum atomic E-state index is -0.556. The van der Waals surface area contributed by atoms with Crippen LogP contribution in [0.15, 0.2) is 41.0 Å². The van der Waals surface area contributed by atoms with Crippen molar-refractivity contribution in [2.45, 2.75) is 19.9 Å². The van der Waals surface area contributed by atoms with Crippen LogP contribution in [0.3, 0.4) is 0 Å². The van der Waals surface area contributed by atoms with Gasteiger partial charge in [-0.1, -0.05) is 17.7 Å². The summed E-state index contributed by atoms with van der Waals surface area (Å²) in [5, 5.41) is 0.583. The third kappa shape index (κ3) is 2.84. The predicted molar refractivity (Wildman–Crippen MR) is 87.7 cm³/mol. The van der Waals surface area contributed by atoms with Crippen LogP contribution in [0.1, 0.15) is 23.0 Å². The molecule has 0 bridgehead atoms. The highest BCUT2D eigenvalue weighted by Gasteiger charge is 2.36. The number of nitrogens with zero attached hydrogens (tertiary/aromatic N) is 2. The van der Waals surface area contributed by atoms with Crippen molar-refractivity contribution in [3.8, 4) is 0 Å². The molecule has 120 valence electrons. The number of amides is 2. The quantitative estimate of drug-likeness (QED) is 0.849. The summed E-state index contributed by atoms with van der Waals surface area (Å²) >= 11 is 6.05. The normalized spacial score (nSPS) is 18.4. The van der Waals surface area contributed by atoms with Crippen LogP contribution in [0.2, 0.25) is 5.02 Å². The van der Waals surface area contributed by atoms with Gasteiger partial charge < -0.3 is 14.2 Å². The average Bonchev–Trinajstić information content (AvgIpc) is 3.06. The lowest BCUT2D eigenvalue weighted by molar-refractivity contribution is -0.124. The van der Waals surface area contributed by atoms with Gasteiger partial charge in [0.05, 0.1) is 6.26 Å². The molecule has 6 heteroatoms. The molecule has 0 saturated carbocycles. The Morgan fingerprint density at radius 3 is 2.78 bits per heavy atom. The number of rotatable bonds is 2. The first kappa shape index (κ1) is 15.6. The molecule has 23 heavy (non-hydrogen) atoms. The Labute approximate surface area is 139 Å². The van der Waals surface area contributed by atoms with Crippen LogP contribution < -0.4 is 4.90 Å². The number of anilines is 1. The molecule has 2 aromatic rings. The maximum Gasteiger partial charge on any atom is 0.290 e. The van der Waals surface area contributed by atoms with E-state index in [1.165, 1.54) is 11.2 Å². The first-order valence-electron chi connectivity index (χ1n) is 7.41. The molecule has 0 radical (unpaired) electrons. The van der Waals surface area contributed by atoms with Gasteiger partial charge in [0.25, 0.3) is 5.91 Å². The van der Waals surface area contributed by atoms with Crippen LogP contribution >= 0.6 is 11.6 Å². The number of hydrogen-bond acceptors (Lipinski definition) is 3. The smallest absolute Gasteiger partial charge is 0.290 e. The van der Waals surface area contributed by atoms with Gasteiger partial charge in [-0.2, -0.15) is 0 Å². The Morgan fingerprint density at radius 2 is 2.09 bits per heavy atom. The Bertz CT molecular complexity index is 742. The molecule has 1 saturated heterocycles. The molecule has 1 aromatic heterocycles. The number of hydrogen-bond donors (Lipinski definition) is 0. The molecule has 1 aromatic carbocycles. The van der Waals surface area contributed by atoms with Gasteiger partial charge in [-0.05, 0) is 43.7 Å². The van der Waals surface area contributed by atoms with E-state index in [9.17, 15) is 9.59 Å². The van der Waals surface area contributed by atoms with E-state index in [1.54, 1.807) is 36.1 Å². The molecule has 2 heterocycles. The van der Waals surface area contributed by atoms with E-state index in [-0.39, 0.29) is 17.6 Å². The summed E-state index contributed by atoms with van der Waals surface area (Å²) in [7, 11) is 0. The van der Waals surface area contributed by atoms with E-state index in [4.69, 9.17) is 16.0 Å². The van der Waals surface area contributed by atoms with E-state index in [1.807, 2.05) is 13.0 Å². The lowest BCUT2D eigenvalue weighted by Crippen LogP contribution is -2.57. The number of carbonyl (C=O) groups excluding carboxylic acids is 2. The second kappa shape index (κ2) is 6.08. The topological polar surface area (TPSA) is 53.8 Å². The third-order valence-corrected chi connectivity index (χ3v) is 4.35. The van der Waals surface area contributed by atoms with Gasteiger partial charge in [0.2, 0.25) is 5.91 Å². The molecule has 2 amide bonds. The van der Waals surface area contributed by atoms with Crippen molar-refractivity contribution in [2.24, 2.45) is 0 Å². The van der Waals surface area contributed by atoms with Gasteiger partial charge >= 0.3 is 0 Å². The lowest BCUT2D eigenvalue weighted by Gasteiger charge is -2.39. The van der Waals surface area contributed by atoms with E-state index >= 15 is 0 Å². The van der Waals surface area contributed by atoms with Crippen LogP contribution in [0.4, 0.5) is 5.69 Å². The third-order valence-electron chi connectivity index (χ3n) is 4.11. The fourth-order valence-electron chi connectivity index (χ4n) is 2.80. The molecular weight excluding hydrogens is 316 g/mol. The van der Waals surface area contributed by atoms with Crippen molar-refractivity contribution < 1.29 is 14.0 Å². The Balaban J connectivity index is 1.84. The van der Waals surface area contributed by atoms with Crippen molar-refractivity contribution in [2.75, 3.05) is 18.0 Å². The summed E-state index contributed by atoms with van der Waals surface area (Å²) in [6.07, 6.45) is 1.45. The van der Waals surface area contributed by atoms with Gasteiger partial charge in [-0.3, -0.25) is 9.59 Å². The van der Waals surface area contributed by atoms with E-state index in [0.29, 0.717) is 18.1 Å². The Hall–Kier alpha value is -2.27. The van der Waals surface area contributed by atoms with Crippen molar-refractivity contribution in [1.82, 2.24) is 4.90 Å². The zero-order chi connectivity index (χ0) is 16.6. The SMILES string of the molecule is Cc1ccc(Cl)cc1N1CCN(C(=O)c2ccco2)C(C)C1=O. The van der Waals surface area contributed by atoms with Crippen LogP contribution in [0, 0.1) is 6.92 Å². The molecular formula is C17H17ClN2O3. The fraction of sp³-hybridized carbons (Fsp3) is 0.294. The van der Waals surface area contributed by atoms with Crippen molar-refractivity contribution in [1.29, 1.82) is 0 Å². The highest BCUT2D eigenvalue weighted by Crippen LogP contribution is 2.27. The summed E-state index contributed by atoms with van der Waals surface area (Å²) in [6, 6.07) is 8.17. The minimum Gasteiger partial charge on any atom is -0.459 e. The molecule has 0 N–H and O–H groups in total. The maximum absolute atomic E-state index is 12.7. The lowest BCUT2D eigenvalue weighted by atomic mass is 10.1. The van der Waals surface area contributed by atoms with Gasteiger partial charge in [0.1, 0.15) is 6.04 Å². The largest absolute Gasteiger partial charge is 0.459 e. The predicted octanol–water partition coefficient (Wildman–Crippen LogP) is 3.12. The Kier molecular flexibility index (Phi) is 4.13. The fourth-order valence-corrected chi connectivity index (χ4v) is 2.97. The van der Waals surface area contributed by atoms with Gasteiger partial charge in [0, 0.05) is 23.8 Å². The second-order valence-corrected chi connectivity index (χ2v) is 6.01. The molecule has 1 atom stereocenters. The number of aryl methyl sites for hydroxylation is 1. The van der Waals surface area contributed by atoms with Crippen LogP contribution in [0.25, 0.3) is 0 Å². The van der Waals surface area contributed by atoms with Crippen LogP contribution in [-0.2, 0) is 4.79 Å². The molecule has 1 fully saturated rings. The molecule has 1 unspecified atom stereocenters. The maximum atomic E-state index is 12.7. The highest BCUT2D eigenvalue weighted by atomic mass is 35.5. The van der Waals surface area contributed by atoms with Gasteiger partial charge in [-0.25, -0.2) is 0 Å². The summed E-state index contributed by atoms with van der Waals surface area (Å²) in [4.78, 5) is 28.4. The number of carbonyl (C=O) groups is 2. The first-order chi connectivity index (χ1) is 11.0. The standard InChI is InChI=1S/C17H17ClN2O3/c1-11-5-6-13(18)10-14(11)20-8-7-19(12(2)16(20)21)17(22)15-4-3-9-23-15/h3-6,9-10,12H,7-8H2,1-2H3.